The van der Waals surface area contributed by atoms with Crippen LogP contribution in [0.3, 0.4) is 0 Å². The van der Waals surface area contributed by atoms with Gasteiger partial charge in [-0.25, -0.2) is 4.98 Å². The average Bonchev–Trinajstić information content (AvgIpc) is 3.06. The summed E-state index contributed by atoms with van der Waals surface area (Å²) in [7, 11) is 0. The first-order chi connectivity index (χ1) is 10.8. The second kappa shape index (κ2) is 9.22. The molecule has 6 nitrogen and oxygen atoms in total. The Bertz CT molecular complexity index is 557. The van der Waals surface area contributed by atoms with E-state index in [9.17, 15) is 4.79 Å². The highest BCUT2D eigenvalue weighted by atomic mass is 32.2. The summed E-state index contributed by atoms with van der Waals surface area (Å²) in [4.78, 5) is 16.0. The number of thioether (sulfide) groups is 1. The van der Waals surface area contributed by atoms with Gasteiger partial charge in [-0.2, -0.15) is 5.10 Å². The van der Waals surface area contributed by atoms with Gasteiger partial charge in [0.25, 0.3) is 5.91 Å². The Labute approximate surface area is 134 Å². The third-order valence-electron chi connectivity index (χ3n) is 2.94. The van der Waals surface area contributed by atoms with E-state index in [-0.39, 0.29) is 5.91 Å². The third-order valence-corrected chi connectivity index (χ3v) is 3.89. The van der Waals surface area contributed by atoms with E-state index >= 15 is 0 Å². The SMILES string of the molecule is CCOCCCNC(=O)c1ccc(CSc2ncn[nH]2)cc1. The first-order valence-electron chi connectivity index (χ1n) is 7.22. The summed E-state index contributed by atoms with van der Waals surface area (Å²) in [6, 6.07) is 7.60. The van der Waals surface area contributed by atoms with E-state index in [0.717, 1.165) is 22.9 Å². The Morgan fingerprint density at radius 3 is 2.86 bits per heavy atom. The zero-order chi connectivity index (χ0) is 15.6. The van der Waals surface area contributed by atoms with Crippen LogP contribution in [0.4, 0.5) is 0 Å². The number of benzene rings is 1. The monoisotopic (exact) mass is 320 g/mol. The number of nitrogens with zero attached hydrogens (tertiary/aromatic N) is 2. The minimum Gasteiger partial charge on any atom is -0.382 e. The van der Waals surface area contributed by atoms with E-state index in [1.807, 2.05) is 31.2 Å². The maximum Gasteiger partial charge on any atom is 0.251 e. The molecular formula is C15H20N4O2S. The van der Waals surface area contributed by atoms with Crippen molar-refractivity contribution < 1.29 is 9.53 Å². The number of carbonyl (C=O) groups is 1. The number of hydrogen-bond acceptors (Lipinski definition) is 5. The van der Waals surface area contributed by atoms with Crippen LogP contribution in [0.25, 0.3) is 0 Å². The molecule has 1 aromatic heterocycles. The lowest BCUT2D eigenvalue weighted by Gasteiger charge is -2.06. The minimum atomic E-state index is -0.0501. The molecule has 2 aromatic rings. The number of rotatable bonds is 9. The molecule has 2 N–H and O–H groups in total. The molecule has 0 bridgehead atoms. The van der Waals surface area contributed by atoms with Crippen LogP contribution in [-0.4, -0.2) is 40.8 Å². The number of hydrogen-bond donors (Lipinski definition) is 2. The van der Waals surface area contributed by atoms with Crippen LogP contribution >= 0.6 is 11.8 Å². The first kappa shape index (κ1) is 16.5. The number of carbonyl (C=O) groups excluding carboxylic acids is 1. The third kappa shape index (κ3) is 5.50. The van der Waals surface area contributed by atoms with Crippen molar-refractivity contribution in [2.45, 2.75) is 24.3 Å². The van der Waals surface area contributed by atoms with Gasteiger partial charge in [0.15, 0.2) is 5.16 Å². The van der Waals surface area contributed by atoms with Crippen LogP contribution in [0.1, 0.15) is 29.3 Å². The highest BCUT2D eigenvalue weighted by molar-refractivity contribution is 7.98. The molecular weight excluding hydrogens is 300 g/mol. The van der Waals surface area contributed by atoms with Gasteiger partial charge in [0, 0.05) is 31.1 Å². The predicted molar refractivity (Wildman–Crippen MR) is 85.8 cm³/mol. The van der Waals surface area contributed by atoms with Gasteiger partial charge in [-0.05, 0) is 31.0 Å². The molecule has 1 aromatic carbocycles. The number of ether oxygens (including phenoxy) is 1. The number of H-pyrrole nitrogens is 1. The lowest BCUT2D eigenvalue weighted by molar-refractivity contribution is 0.0944. The molecule has 0 radical (unpaired) electrons. The molecule has 1 heterocycles. The van der Waals surface area contributed by atoms with Crippen LogP contribution < -0.4 is 5.32 Å². The van der Waals surface area contributed by atoms with Crippen LogP contribution in [0, 0.1) is 0 Å². The number of amides is 1. The fourth-order valence-corrected chi connectivity index (χ4v) is 2.53. The molecule has 7 heteroatoms. The zero-order valence-corrected chi connectivity index (χ0v) is 13.4. The molecule has 0 saturated heterocycles. The standard InChI is InChI=1S/C15H20N4O2S/c1-2-21-9-3-8-16-14(20)13-6-4-12(5-7-13)10-22-15-17-11-18-19-15/h4-7,11H,2-3,8-10H2,1H3,(H,16,20)(H,17,18,19). The van der Waals surface area contributed by atoms with Crippen molar-refractivity contribution in [3.05, 3.63) is 41.7 Å². The van der Waals surface area contributed by atoms with Crippen LogP contribution in [0.15, 0.2) is 35.7 Å². The zero-order valence-electron chi connectivity index (χ0n) is 12.5. The second-order valence-corrected chi connectivity index (χ2v) is 5.55. The Morgan fingerprint density at radius 1 is 1.36 bits per heavy atom. The number of nitrogens with one attached hydrogen (secondary N) is 2. The van der Waals surface area contributed by atoms with Gasteiger partial charge in [0.2, 0.25) is 0 Å². The summed E-state index contributed by atoms with van der Waals surface area (Å²) in [5.41, 5.74) is 1.80. The smallest absolute Gasteiger partial charge is 0.251 e. The quantitative estimate of drug-likeness (QED) is 0.547. The van der Waals surface area contributed by atoms with Crippen molar-refractivity contribution in [3.63, 3.8) is 0 Å². The first-order valence-corrected chi connectivity index (χ1v) is 8.21. The molecule has 0 aliphatic heterocycles. The van der Waals surface area contributed by atoms with Gasteiger partial charge in [-0.15, -0.1) is 0 Å². The fraction of sp³-hybridized carbons (Fsp3) is 0.400. The van der Waals surface area contributed by atoms with E-state index in [0.29, 0.717) is 25.3 Å². The van der Waals surface area contributed by atoms with Gasteiger partial charge >= 0.3 is 0 Å². The molecule has 0 atom stereocenters. The molecule has 0 spiro atoms. The molecule has 0 aliphatic rings. The molecule has 0 unspecified atom stereocenters. The highest BCUT2D eigenvalue weighted by Gasteiger charge is 2.05. The van der Waals surface area contributed by atoms with Crippen molar-refractivity contribution in [2.24, 2.45) is 0 Å². The summed E-state index contributed by atoms with van der Waals surface area (Å²) < 4.78 is 5.23. The normalized spacial score (nSPS) is 10.6. The fourth-order valence-electron chi connectivity index (χ4n) is 1.79. The molecule has 0 aliphatic carbocycles. The van der Waals surface area contributed by atoms with E-state index in [2.05, 4.69) is 20.5 Å². The van der Waals surface area contributed by atoms with Crippen LogP contribution in [0.5, 0.6) is 0 Å². The second-order valence-electron chi connectivity index (χ2n) is 4.58. The molecule has 2 rings (SSSR count). The van der Waals surface area contributed by atoms with Crippen molar-refractivity contribution >= 4 is 17.7 Å². The largest absolute Gasteiger partial charge is 0.382 e. The molecule has 118 valence electrons. The van der Waals surface area contributed by atoms with Crippen LogP contribution in [0.2, 0.25) is 0 Å². The summed E-state index contributed by atoms with van der Waals surface area (Å²) in [5, 5.41) is 10.3. The number of aromatic amines is 1. The minimum absolute atomic E-state index is 0.0501. The van der Waals surface area contributed by atoms with Gasteiger partial charge in [0.1, 0.15) is 6.33 Å². The average molecular weight is 320 g/mol. The highest BCUT2D eigenvalue weighted by Crippen LogP contribution is 2.18. The Morgan fingerprint density at radius 2 is 2.18 bits per heavy atom. The maximum atomic E-state index is 12.0. The summed E-state index contributed by atoms with van der Waals surface area (Å²) >= 11 is 1.57. The lowest BCUT2D eigenvalue weighted by Crippen LogP contribution is -2.25. The molecule has 0 saturated carbocycles. The lowest BCUT2D eigenvalue weighted by atomic mass is 10.1. The summed E-state index contributed by atoms with van der Waals surface area (Å²) in [5.74, 6) is 0.733. The Hall–Kier alpha value is -1.86. The topological polar surface area (TPSA) is 79.9 Å². The Balaban J connectivity index is 1.74. The van der Waals surface area contributed by atoms with E-state index in [1.54, 1.807) is 11.8 Å². The van der Waals surface area contributed by atoms with Gasteiger partial charge < -0.3 is 10.1 Å². The number of aromatic nitrogens is 3. The molecule has 0 fully saturated rings. The van der Waals surface area contributed by atoms with E-state index in [1.165, 1.54) is 6.33 Å². The van der Waals surface area contributed by atoms with Crippen LogP contribution in [-0.2, 0) is 10.5 Å². The van der Waals surface area contributed by atoms with Crippen molar-refractivity contribution in [1.29, 1.82) is 0 Å². The van der Waals surface area contributed by atoms with Crippen molar-refractivity contribution in [2.75, 3.05) is 19.8 Å². The predicted octanol–water partition coefficient (Wildman–Crippen LogP) is 2.25. The van der Waals surface area contributed by atoms with Crippen molar-refractivity contribution in [1.82, 2.24) is 20.5 Å². The van der Waals surface area contributed by atoms with Gasteiger partial charge in [0.05, 0.1) is 0 Å². The van der Waals surface area contributed by atoms with E-state index < -0.39 is 0 Å². The van der Waals surface area contributed by atoms with Gasteiger partial charge in [-0.1, -0.05) is 23.9 Å². The molecule has 22 heavy (non-hydrogen) atoms. The maximum absolute atomic E-state index is 12.0. The van der Waals surface area contributed by atoms with Crippen molar-refractivity contribution in [3.8, 4) is 0 Å². The molecule has 1 amide bonds. The Kier molecular flexibility index (Phi) is 6.92. The summed E-state index contributed by atoms with van der Waals surface area (Å²) in [6.45, 7) is 3.97. The van der Waals surface area contributed by atoms with E-state index in [4.69, 9.17) is 4.74 Å². The van der Waals surface area contributed by atoms with Gasteiger partial charge in [-0.3, -0.25) is 9.89 Å². The summed E-state index contributed by atoms with van der Waals surface area (Å²) in [6.07, 6.45) is 2.31.